The fourth-order valence-electron chi connectivity index (χ4n) is 4.80. The molecule has 3 heterocycles. The van der Waals surface area contributed by atoms with Crippen molar-refractivity contribution in [3.05, 3.63) is 41.2 Å². The summed E-state index contributed by atoms with van der Waals surface area (Å²) in [5.41, 5.74) is 2.14. The molecule has 2 aromatic heterocycles. The van der Waals surface area contributed by atoms with Crippen molar-refractivity contribution in [1.82, 2.24) is 20.1 Å². The first kappa shape index (κ1) is 18.8. The second-order valence-electron chi connectivity index (χ2n) is 8.51. The quantitative estimate of drug-likeness (QED) is 0.618. The lowest BCUT2D eigenvalue weighted by molar-refractivity contribution is -0.141. The minimum atomic E-state index is -0.285. The smallest absolute Gasteiger partial charge is 0.147 e. The monoisotopic (exact) mass is 410 g/mol. The molecule has 150 valence electrons. The summed E-state index contributed by atoms with van der Waals surface area (Å²) >= 11 is 1.57. The molecule has 29 heavy (non-hydrogen) atoms. The van der Waals surface area contributed by atoms with Gasteiger partial charge in [-0.05, 0) is 42.7 Å². The Labute approximate surface area is 173 Å². The van der Waals surface area contributed by atoms with Crippen LogP contribution in [0.5, 0.6) is 0 Å². The highest BCUT2D eigenvalue weighted by Gasteiger charge is 2.53. The maximum atomic E-state index is 12.7. The number of ketones is 1. The molecule has 0 N–H and O–H groups in total. The molecule has 0 amide bonds. The normalized spacial score (nSPS) is 18.7. The van der Waals surface area contributed by atoms with Gasteiger partial charge in [0.1, 0.15) is 22.5 Å². The molecule has 3 aromatic rings. The molecular weight excluding hydrogens is 387 g/mol. The molecule has 1 saturated heterocycles. The molecule has 2 aliphatic rings. The van der Waals surface area contributed by atoms with E-state index in [0.717, 1.165) is 58.0 Å². The van der Waals surface area contributed by atoms with E-state index in [-0.39, 0.29) is 23.8 Å². The Morgan fingerprint density at radius 2 is 2.07 bits per heavy atom. The summed E-state index contributed by atoms with van der Waals surface area (Å²) < 4.78 is 12.4. The van der Waals surface area contributed by atoms with Gasteiger partial charge in [0.15, 0.2) is 0 Å². The molecule has 0 radical (unpaired) electrons. The molecule has 0 atom stereocenters. The Morgan fingerprint density at radius 3 is 2.79 bits per heavy atom. The molecule has 5 nitrogen and oxygen atoms in total. The van der Waals surface area contributed by atoms with Gasteiger partial charge in [-0.15, -0.1) is 10.2 Å². The second kappa shape index (κ2) is 7.22. The topological polar surface area (TPSA) is 59.0 Å². The summed E-state index contributed by atoms with van der Waals surface area (Å²) in [5.74, 6) is 0.415. The SMILES string of the molecule is Cc1nnc(-c2ccc3cnc(CC(=O)C4CC5(C4)CN(CCF)C5)cc3c2)s1. The number of halogens is 1. The van der Waals surface area contributed by atoms with Gasteiger partial charge in [0, 0.05) is 54.8 Å². The van der Waals surface area contributed by atoms with Crippen LogP contribution in [0.2, 0.25) is 0 Å². The standard InChI is InChI=1S/C22H23FN4OS/c1-14-25-26-21(29-14)15-2-3-16-11-24-19(7-17(16)6-15)8-20(28)18-9-22(10-18)12-27(13-22)5-4-23/h2-3,6-7,11,18H,4-5,8-10,12-13H2,1H3. The van der Waals surface area contributed by atoms with E-state index in [4.69, 9.17) is 0 Å². The minimum Gasteiger partial charge on any atom is -0.300 e. The third-order valence-corrected chi connectivity index (χ3v) is 7.13. The summed E-state index contributed by atoms with van der Waals surface area (Å²) in [7, 11) is 0. The number of likely N-dealkylation sites (tertiary alicyclic amines) is 1. The number of aryl methyl sites for hydroxylation is 1. The number of alkyl halides is 1. The Kier molecular flexibility index (Phi) is 4.67. The van der Waals surface area contributed by atoms with Crippen LogP contribution in [-0.4, -0.2) is 52.2 Å². The molecule has 5 rings (SSSR count). The van der Waals surface area contributed by atoms with Crippen molar-refractivity contribution >= 4 is 27.9 Å². The Bertz CT molecular complexity index is 1070. The number of pyridine rings is 1. The third kappa shape index (κ3) is 3.57. The van der Waals surface area contributed by atoms with E-state index in [0.29, 0.717) is 13.0 Å². The van der Waals surface area contributed by atoms with Gasteiger partial charge in [-0.25, -0.2) is 4.39 Å². The third-order valence-electron chi connectivity index (χ3n) is 6.24. The molecule has 2 fully saturated rings. The van der Waals surface area contributed by atoms with Crippen LogP contribution in [0, 0.1) is 18.3 Å². The number of benzene rings is 1. The number of nitrogens with zero attached hydrogens (tertiary/aromatic N) is 4. The van der Waals surface area contributed by atoms with E-state index in [2.05, 4.69) is 26.1 Å². The first-order valence-corrected chi connectivity index (χ1v) is 10.9. The van der Waals surface area contributed by atoms with E-state index in [1.165, 1.54) is 0 Å². The number of aromatic nitrogens is 3. The first-order valence-electron chi connectivity index (χ1n) is 10.0. The van der Waals surface area contributed by atoms with E-state index in [1.807, 2.05) is 31.3 Å². The van der Waals surface area contributed by atoms with Crippen molar-refractivity contribution in [1.29, 1.82) is 0 Å². The zero-order valence-corrected chi connectivity index (χ0v) is 17.2. The number of hydrogen-bond donors (Lipinski definition) is 0. The maximum Gasteiger partial charge on any atom is 0.147 e. The molecule has 1 aliphatic heterocycles. The van der Waals surface area contributed by atoms with Crippen molar-refractivity contribution in [2.75, 3.05) is 26.3 Å². The van der Waals surface area contributed by atoms with Gasteiger partial charge in [-0.3, -0.25) is 14.7 Å². The molecule has 1 aliphatic carbocycles. The van der Waals surface area contributed by atoms with Crippen LogP contribution < -0.4 is 0 Å². The molecule has 1 spiro atoms. The zero-order chi connectivity index (χ0) is 20.0. The van der Waals surface area contributed by atoms with Crippen LogP contribution in [0.25, 0.3) is 21.3 Å². The summed E-state index contributed by atoms with van der Waals surface area (Å²) in [6.07, 6.45) is 4.12. The van der Waals surface area contributed by atoms with Crippen molar-refractivity contribution in [2.24, 2.45) is 11.3 Å². The van der Waals surface area contributed by atoms with E-state index < -0.39 is 0 Å². The highest BCUT2D eigenvalue weighted by Crippen LogP contribution is 2.52. The summed E-state index contributed by atoms with van der Waals surface area (Å²) in [5, 5.41) is 12.3. The zero-order valence-electron chi connectivity index (χ0n) is 16.4. The van der Waals surface area contributed by atoms with Crippen LogP contribution in [0.1, 0.15) is 23.5 Å². The van der Waals surface area contributed by atoms with Crippen molar-refractivity contribution < 1.29 is 9.18 Å². The number of fused-ring (bicyclic) bond motifs is 1. The predicted molar refractivity (Wildman–Crippen MR) is 112 cm³/mol. The molecule has 0 unspecified atom stereocenters. The maximum absolute atomic E-state index is 12.7. The van der Waals surface area contributed by atoms with Crippen LogP contribution >= 0.6 is 11.3 Å². The summed E-state index contributed by atoms with van der Waals surface area (Å²) in [4.78, 5) is 19.4. The van der Waals surface area contributed by atoms with E-state index in [1.54, 1.807) is 11.3 Å². The number of Topliss-reactive ketones (excluding diaryl/α,β-unsaturated/α-hetero) is 1. The van der Waals surface area contributed by atoms with Gasteiger partial charge in [0.2, 0.25) is 0 Å². The van der Waals surface area contributed by atoms with E-state index in [9.17, 15) is 9.18 Å². The lowest BCUT2D eigenvalue weighted by Gasteiger charge is -2.58. The highest BCUT2D eigenvalue weighted by atomic mass is 32.1. The number of carbonyl (C=O) groups is 1. The second-order valence-corrected chi connectivity index (χ2v) is 9.69. The fourth-order valence-corrected chi connectivity index (χ4v) is 5.49. The molecule has 1 saturated carbocycles. The Balaban J connectivity index is 1.25. The molecule has 1 aromatic carbocycles. The largest absolute Gasteiger partial charge is 0.300 e. The van der Waals surface area contributed by atoms with Crippen LogP contribution in [0.15, 0.2) is 30.5 Å². The minimum absolute atomic E-state index is 0.135. The van der Waals surface area contributed by atoms with Gasteiger partial charge in [0.25, 0.3) is 0 Å². The van der Waals surface area contributed by atoms with Gasteiger partial charge in [0.05, 0.1) is 0 Å². The highest BCUT2D eigenvalue weighted by molar-refractivity contribution is 7.14. The van der Waals surface area contributed by atoms with Crippen LogP contribution in [0.3, 0.4) is 0 Å². The van der Waals surface area contributed by atoms with Crippen molar-refractivity contribution in [3.8, 4) is 10.6 Å². The average Bonchev–Trinajstić information content (AvgIpc) is 3.08. The molecule has 0 bridgehead atoms. The van der Waals surface area contributed by atoms with Gasteiger partial charge < -0.3 is 0 Å². The summed E-state index contributed by atoms with van der Waals surface area (Å²) in [6, 6.07) is 8.19. The number of hydrogen-bond acceptors (Lipinski definition) is 6. The predicted octanol–water partition coefficient (Wildman–Crippen LogP) is 3.85. The Hall–Kier alpha value is -2.25. The van der Waals surface area contributed by atoms with E-state index >= 15 is 0 Å². The fraction of sp³-hybridized carbons (Fsp3) is 0.455. The van der Waals surface area contributed by atoms with Gasteiger partial charge in [-0.2, -0.15) is 0 Å². The molecular formula is C22H23FN4OS. The lowest BCUT2D eigenvalue weighted by Crippen LogP contribution is -2.63. The van der Waals surface area contributed by atoms with Gasteiger partial charge in [-0.1, -0.05) is 23.5 Å². The number of rotatable bonds is 6. The van der Waals surface area contributed by atoms with Crippen LogP contribution in [0.4, 0.5) is 4.39 Å². The first-order chi connectivity index (χ1) is 14.0. The van der Waals surface area contributed by atoms with Crippen molar-refractivity contribution in [3.63, 3.8) is 0 Å². The van der Waals surface area contributed by atoms with Crippen molar-refractivity contribution in [2.45, 2.75) is 26.2 Å². The molecule has 7 heteroatoms. The summed E-state index contributed by atoms with van der Waals surface area (Å²) in [6.45, 7) is 4.08. The average molecular weight is 411 g/mol. The lowest BCUT2D eigenvalue weighted by atomic mass is 9.56. The Morgan fingerprint density at radius 1 is 1.24 bits per heavy atom. The number of carbonyl (C=O) groups excluding carboxylic acids is 1. The van der Waals surface area contributed by atoms with Gasteiger partial charge >= 0.3 is 0 Å². The van der Waals surface area contributed by atoms with Crippen LogP contribution in [-0.2, 0) is 11.2 Å².